The number of urea groups is 1. The van der Waals surface area contributed by atoms with E-state index in [4.69, 9.17) is 0 Å². The molecule has 0 bridgehead atoms. The highest BCUT2D eigenvalue weighted by Crippen LogP contribution is 2.21. The molecule has 1 aliphatic rings. The Morgan fingerprint density at radius 3 is 2.58 bits per heavy atom. The van der Waals surface area contributed by atoms with E-state index in [1.165, 1.54) is 18.6 Å². The maximum absolute atomic E-state index is 13.2. The topological polar surface area (TPSA) is 45.2 Å². The first-order valence-corrected chi connectivity index (χ1v) is 8.45. The maximum Gasteiger partial charge on any atom is 0.322 e. The molecule has 4 nitrogen and oxygen atoms in total. The Labute approximate surface area is 141 Å². The van der Waals surface area contributed by atoms with Crippen molar-refractivity contribution in [3.63, 3.8) is 0 Å². The van der Waals surface area contributed by atoms with Crippen LogP contribution in [0.1, 0.15) is 37.7 Å². The molecule has 1 N–H and O–H groups in total. The summed E-state index contributed by atoms with van der Waals surface area (Å²) in [5.41, 5.74) is 1.61. The predicted molar refractivity (Wildman–Crippen MR) is 92.2 cm³/mol. The average molecular weight is 327 g/mol. The molecule has 1 aliphatic carbocycles. The summed E-state index contributed by atoms with van der Waals surface area (Å²) in [4.78, 5) is 18.5. The summed E-state index contributed by atoms with van der Waals surface area (Å²) in [6.45, 7) is 0.401. The summed E-state index contributed by atoms with van der Waals surface area (Å²) in [7, 11) is 0. The molecule has 24 heavy (non-hydrogen) atoms. The Morgan fingerprint density at radius 2 is 1.92 bits per heavy atom. The highest BCUT2D eigenvalue weighted by molar-refractivity contribution is 5.92. The summed E-state index contributed by atoms with van der Waals surface area (Å²) in [6, 6.07) is 9.87. The Morgan fingerprint density at radius 1 is 1.17 bits per heavy atom. The number of aromatic nitrogens is 1. The van der Waals surface area contributed by atoms with E-state index in [-0.39, 0.29) is 17.9 Å². The lowest BCUT2D eigenvalue weighted by Crippen LogP contribution is -2.45. The monoisotopic (exact) mass is 327 g/mol. The van der Waals surface area contributed by atoms with E-state index in [1.807, 2.05) is 12.1 Å². The van der Waals surface area contributed by atoms with Crippen LogP contribution in [0, 0.1) is 5.82 Å². The number of nitrogens with zero attached hydrogens (tertiary/aromatic N) is 2. The summed E-state index contributed by atoms with van der Waals surface area (Å²) in [5, 5.41) is 3.13. The Kier molecular flexibility index (Phi) is 5.41. The molecule has 126 valence electrons. The van der Waals surface area contributed by atoms with Gasteiger partial charge in [-0.15, -0.1) is 0 Å². The molecular formula is C19H22FN3O. The molecule has 5 heteroatoms. The van der Waals surface area contributed by atoms with Crippen molar-refractivity contribution in [3.8, 4) is 0 Å². The number of carbonyl (C=O) groups excluding carboxylic acids is 1. The fourth-order valence-electron chi connectivity index (χ4n) is 3.08. The number of nitrogens with one attached hydrogen (secondary N) is 1. The van der Waals surface area contributed by atoms with Gasteiger partial charge >= 0.3 is 6.03 Å². The van der Waals surface area contributed by atoms with Crippen LogP contribution in [0.25, 0.3) is 0 Å². The molecule has 1 saturated carbocycles. The van der Waals surface area contributed by atoms with Gasteiger partial charge in [0.2, 0.25) is 0 Å². The zero-order chi connectivity index (χ0) is 16.8. The van der Waals surface area contributed by atoms with Gasteiger partial charge in [0.25, 0.3) is 0 Å². The highest BCUT2D eigenvalue weighted by atomic mass is 19.1. The van der Waals surface area contributed by atoms with Crippen LogP contribution in [-0.2, 0) is 6.54 Å². The van der Waals surface area contributed by atoms with Gasteiger partial charge < -0.3 is 5.32 Å². The molecule has 1 aromatic carbocycles. The number of benzene rings is 1. The lowest BCUT2D eigenvalue weighted by atomic mass is 9.96. The number of anilines is 1. The van der Waals surface area contributed by atoms with E-state index in [0.29, 0.717) is 12.2 Å². The van der Waals surface area contributed by atoms with Crippen molar-refractivity contribution < 1.29 is 9.18 Å². The third kappa shape index (κ3) is 4.31. The molecule has 0 aliphatic heterocycles. The second-order valence-electron chi connectivity index (χ2n) is 6.21. The van der Waals surface area contributed by atoms with Gasteiger partial charge in [0, 0.05) is 24.1 Å². The normalized spacial score (nSPS) is 15.0. The van der Waals surface area contributed by atoms with E-state index in [9.17, 15) is 9.18 Å². The van der Waals surface area contributed by atoms with Gasteiger partial charge in [-0.3, -0.25) is 9.88 Å². The van der Waals surface area contributed by atoms with Gasteiger partial charge in [0.1, 0.15) is 5.82 Å². The van der Waals surface area contributed by atoms with Gasteiger partial charge in [-0.2, -0.15) is 0 Å². The molecule has 1 fully saturated rings. The maximum atomic E-state index is 13.2. The SMILES string of the molecule is O=C(NC1CCCCC1)N(Cc1cccnc1)c1ccc(F)cc1. The van der Waals surface area contributed by atoms with E-state index in [1.54, 1.807) is 29.4 Å². The number of amides is 2. The zero-order valence-corrected chi connectivity index (χ0v) is 13.6. The van der Waals surface area contributed by atoms with Crippen LogP contribution in [0.15, 0.2) is 48.8 Å². The number of hydrogen-bond donors (Lipinski definition) is 1. The largest absolute Gasteiger partial charge is 0.335 e. The number of hydrogen-bond acceptors (Lipinski definition) is 2. The molecule has 0 radical (unpaired) electrons. The Hall–Kier alpha value is -2.43. The van der Waals surface area contributed by atoms with Crippen LogP contribution < -0.4 is 10.2 Å². The third-order valence-corrected chi connectivity index (χ3v) is 4.38. The van der Waals surface area contributed by atoms with Gasteiger partial charge in [-0.1, -0.05) is 25.3 Å². The standard InChI is InChI=1S/C19H22FN3O/c20-16-8-10-18(11-9-16)23(14-15-5-4-12-21-13-15)19(24)22-17-6-2-1-3-7-17/h4-5,8-13,17H,1-3,6-7,14H2,(H,22,24). The summed E-state index contributed by atoms with van der Waals surface area (Å²) < 4.78 is 13.2. The van der Waals surface area contributed by atoms with Crippen LogP contribution in [0.2, 0.25) is 0 Å². The second-order valence-corrected chi connectivity index (χ2v) is 6.21. The Balaban J connectivity index is 1.77. The number of rotatable bonds is 4. The van der Waals surface area contributed by atoms with E-state index >= 15 is 0 Å². The lowest BCUT2D eigenvalue weighted by Gasteiger charge is -2.28. The van der Waals surface area contributed by atoms with Gasteiger partial charge in [0.15, 0.2) is 0 Å². The van der Waals surface area contributed by atoms with Crippen molar-refractivity contribution in [1.82, 2.24) is 10.3 Å². The van der Waals surface area contributed by atoms with E-state index in [0.717, 1.165) is 31.2 Å². The van der Waals surface area contributed by atoms with Crippen LogP contribution in [0.5, 0.6) is 0 Å². The Bertz CT molecular complexity index is 654. The minimum absolute atomic E-state index is 0.141. The first kappa shape index (κ1) is 16.4. The van der Waals surface area contributed by atoms with Crippen LogP contribution >= 0.6 is 0 Å². The quantitative estimate of drug-likeness (QED) is 0.911. The first-order chi connectivity index (χ1) is 11.7. The van der Waals surface area contributed by atoms with E-state index < -0.39 is 0 Å². The van der Waals surface area contributed by atoms with Crippen LogP contribution in [0.3, 0.4) is 0 Å². The second kappa shape index (κ2) is 7.90. The lowest BCUT2D eigenvalue weighted by molar-refractivity contribution is 0.238. The molecule has 0 saturated heterocycles. The fourth-order valence-corrected chi connectivity index (χ4v) is 3.08. The first-order valence-electron chi connectivity index (χ1n) is 8.45. The van der Waals surface area contributed by atoms with Crippen molar-refractivity contribution in [2.45, 2.75) is 44.7 Å². The molecule has 0 atom stereocenters. The molecule has 2 aromatic rings. The molecule has 0 unspecified atom stereocenters. The molecule has 1 aromatic heterocycles. The predicted octanol–water partition coefficient (Wildman–Crippen LogP) is 4.27. The summed E-state index contributed by atoms with van der Waals surface area (Å²) in [5.74, 6) is -0.312. The molecular weight excluding hydrogens is 305 g/mol. The van der Waals surface area contributed by atoms with Gasteiger partial charge in [-0.25, -0.2) is 9.18 Å². The molecule has 0 spiro atoms. The van der Waals surface area contributed by atoms with Crippen molar-refractivity contribution >= 4 is 11.7 Å². The van der Waals surface area contributed by atoms with Crippen molar-refractivity contribution in [3.05, 3.63) is 60.2 Å². The van der Waals surface area contributed by atoms with Crippen molar-refractivity contribution in [1.29, 1.82) is 0 Å². The third-order valence-electron chi connectivity index (χ3n) is 4.38. The molecule has 1 heterocycles. The average Bonchev–Trinajstić information content (AvgIpc) is 2.62. The van der Waals surface area contributed by atoms with E-state index in [2.05, 4.69) is 10.3 Å². The highest BCUT2D eigenvalue weighted by Gasteiger charge is 2.21. The minimum Gasteiger partial charge on any atom is -0.335 e. The fraction of sp³-hybridized carbons (Fsp3) is 0.368. The van der Waals surface area contributed by atoms with Crippen LogP contribution in [-0.4, -0.2) is 17.1 Å². The smallest absolute Gasteiger partial charge is 0.322 e. The molecule has 2 amide bonds. The van der Waals surface area contributed by atoms with Gasteiger partial charge in [0.05, 0.1) is 6.54 Å². The zero-order valence-electron chi connectivity index (χ0n) is 13.6. The summed E-state index contributed by atoms with van der Waals surface area (Å²) >= 11 is 0. The number of pyridine rings is 1. The van der Waals surface area contributed by atoms with Crippen molar-refractivity contribution in [2.24, 2.45) is 0 Å². The van der Waals surface area contributed by atoms with Crippen LogP contribution in [0.4, 0.5) is 14.9 Å². The van der Waals surface area contributed by atoms with Gasteiger partial charge in [-0.05, 0) is 48.7 Å². The van der Waals surface area contributed by atoms with Crippen molar-refractivity contribution in [2.75, 3.05) is 4.90 Å². The number of halogens is 1. The molecule has 3 rings (SSSR count). The number of carbonyl (C=O) groups is 1. The summed E-state index contributed by atoms with van der Waals surface area (Å²) in [6.07, 6.45) is 9.04. The minimum atomic E-state index is -0.312.